The molecule has 2 aliphatic heterocycles. The van der Waals surface area contributed by atoms with E-state index in [0.29, 0.717) is 49.7 Å². The van der Waals surface area contributed by atoms with Crippen LogP contribution in [0.5, 0.6) is 6.01 Å². The lowest BCUT2D eigenvalue weighted by Gasteiger charge is -2.25. The second-order valence-electron chi connectivity index (χ2n) is 9.07. The molecule has 0 aliphatic carbocycles. The molecule has 0 unspecified atom stereocenters. The smallest absolute Gasteiger partial charge is 0.416 e. The Morgan fingerprint density at radius 2 is 2.06 bits per heavy atom. The van der Waals surface area contributed by atoms with E-state index in [4.69, 9.17) is 9.73 Å². The molecule has 0 spiro atoms. The fourth-order valence-electron chi connectivity index (χ4n) is 4.84. The molecule has 2 aromatic heterocycles. The highest BCUT2D eigenvalue weighted by Crippen LogP contribution is 2.35. The van der Waals surface area contributed by atoms with Gasteiger partial charge in [0.15, 0.2) is 5.49 Å². The maximum atomic E-state index is 13.5. The van der Waals surface area contributed by atoms with Crippen molar-refractivity contribution in [3.05, 3.63) is 64.4 Å². The second-order valence-corrected chi connectivity index (χ2v) is 9.07. The summed E-state index contributed by atoms with van der Waals surface area (Å²) < 4.78 is 48.0. The zero-order valence-corrected chi connectivity index (χ0v) is 20.3. The first kappa shape index (κ1) is 24.0. The molecule has 0 radical (unpaired) electrons. The maximum absolute atomic E-state index is 13.5. The zero-order chi connectivity index (χ0) is 25.6. The third-order valence-corrected chi connectivity index (χ3v) is 6.82. The minimum atomic E-state index is -4.44. The molecule has 3 aromatic rings. The van der Waals surface area contributed by atoms with Crippen LogP contribution in [0.2, 0.25) is 0 Å². The predicted molar refractivity (Wildman–Crippen MR) is 128 cm³/mol. The van der Waals surface area contributed by atoms with Crippen molar-refractivity contribution in [1.82, 2.24) is 19.4 Å². The summed E-state index contributed by atoms with van der Waals surface area (Å²) in [5.74, 6) is 0.0351. The molecular formula is C26H26F3N5O2. The Morgan fingerprint density at radius 3 is 2.75 bits per heavy atom. The highest BCUT2D eigenvalue weighted by molar-refractivity contribution is 5.82. The van der Waals surface area contributed by atoms with E-state index in [0.717, 1.165) is 28.2 Å². The molecule has 36 heavy (non-hydrogen) atoms. The van der Waals surface area contributed by atoms with E-state index in [2.05, 4.69) is 9.97 Å². The molecule has 5 rings (SSSR count). The summed E-state index contributed by atoms with van der Waals surface area (Å²) in [6.45, 7) is 7.03. The van der Waals surface area contributed by atoms with Gasteiger partial charge in [-0.05, 0) is 49.1 Å². The third-order valence-electron chi connectivity index (χ3n) is 6.82. The Hall–Kier alpha value is -3.69. The Morgan fingerprint density at radius 1 is 1.25 bits per heavy atom. The van der Waals surface area contributed by atoms with Gasteiger partial charge >= 0.3 is 6.18 Å². The summed E-state index contributed by atoms with van der Waals surface area (Å²) in [7, 11) is 0. The number of hydrogen-bond acceptors (Lipinski definition) is 5. The van der Waals surface area contributed by atoms with Gasteiger partial charge in [0.1, 0.15) is 6.61 Å². The van der Waals surface area contributed by atoms with Crippen molar-refractivity contribution in [1.29, 1.82) is 0 Å². The van der Waals surface area contributed by atoms with E-state index < -0.39 is 17.8 Å². The Kier molecular flexibility index (Phi) is 6.05. The molecule has 0 saturated heterocycles. The minimum absolute atomic E-state index is 0.0351. The van der Waals surface area contributed by atoms with Gasteiger partial charge in [0, 0.05) is 25.4 Å². The molecule has 1 aromatic carbocycles. The fourth-order valence-corrected chi connectivity index (χ4v) is 4.84. The lowest BCUT2D eigenvalue weighted by Crippen LogP contribution is -2.32. The van der Waals surface area contributed by atoms with Crippen molar-refractivity contribution in [2.45, 2.75) is 46.0 Å². The van der Waals surface area contributed by atoms with Crippen molar-refractivity contribution in [2.75, 3.05) is 19.7 Å². The molecule has 1 amide bonds. The first-order chi connectivity index (χ1) is 17.1. The molecule has 4 heterocycles. The van der Waals surface area contributed by atoms with Crippen molar-refractivity contribution in [3.63, 3.8) is 0 Å². The number of rotatable bonds is 3. The summed E-state index contributed by atoms with van der Waals surface area (Å²) in [5.41, 5.74) is 2.98. The Balaban J connectivity index is 1.62. The van der Waals surface area contributed by atoms with E-state index in [-0.39, 0.29) is 11.5 Å². The molecule has 0 saturated carbocycles. The highest BCUT2D eigenvalue weighted by atomic mass is 19.4. The first-order valence-electron chi connectivity index (χ1n) is 11.8. The molecule has 0 bridgehead atoms. The number of aromatic nitrogens is 3. The zero-order valence-electron chi connectivity index (χ0n) is 20.3. The SMILES string of the molecule is CC(=O)N1CC=C(c2cc3c(=N[C@H](C)c4cccc(C(F)(F)F)c4C)nc4n(c3cn2)CCO4)CC1. The topological polar surface area (TPSA) is 72.6 Å². The lowest BCUT2D eigenvalue weighted by molar-refractivity contribution is -0.138. The number of hydrogen-bond donors (Lipinski definition) is 0. The number of fused-ring (bicyclic) bond motifs is 3. The van der Waals surface area contributed by atoms with Gasteiger partial charge < -0.3 is 9.64 Å². The maximum Gasteiger partial charge on any atom is 0.416 e. The fraction of sp³-hybridized carbons (Fsp3) is 0.385. The summed E-state index contributed by atoms with van der Waals surface area (Å²) in [6, 6.07) is 5.93. The van der Waals surface area contributed by atoms with Gasteiger partial charge in [0.05, 0.1) is 35.6 Å². The molecule has 2 aliphatic rings. The number of benzene rings is 1. The van der Waals surface area contributed by atoms with E-state index >= 15 is 0 Å². The first-order valence-corrected chi connectivity index (χ1v) is 11.8. The number of halogens is 3. The van der Waals surface area contributed by atoms with Gasteiger partial charge in [-0.1, -0.05) is 18.2 Å². The van der Waals surface area contributed by atoms with Crippen molar-refractivity contribution < 1.29 is 22.7 Å². The monoisotopic (exact) mass is 497 g/mol. The standard InChI is InChI=1S/C26H26F3N5O2/c1-15-19(5-4-6-21(15)26(27,28)29)16(2)31-24-20-13-22(18-7-9-33(10-8-18)17(3)35)30-14-23(20)34-11-12-36-25(34)32-24/h4-7,13-14,16H,8-12H2,1-3H3/t16-/m1/s1. The largest absolute Gasteiger partial charge is 0.463 e. The van der Waals surface area contributed by atoms with Crippen molar-refractivity contribution in [2.24, 2.45) is 4.99 Å². The second kappa shape index (κ2) is 9.07. The van der Waals surface area contributed by atoms with E-state index in [1.54, 1.807) is 31.0 Å². The molecule has 0 fully saturated rings. The quantitative estimate of drug-likeness (QED) is 0.536. The number of amides is 1. The lowest BCUT2D eigenvalue weighted by atomic mass is 9.97. The highest BCUT2D eigenvalue weighted by Gasteiger charge is 2.33. The number of carbonyl (C=O) groups excluding carboxylic acids is 1. The van der Waals surface area contributed by atoms with Crippen LogP contribution in [-0.4, -0.2) is 45.0 Å². The van der Waals surface area contributed by atoms with Crippen LogP contribution in [-0.2, 0) is 17.5 Å². The Labute approximate surface area is 206 Å². The minimum Gasteiger partial charge on any atom is -0.463 e. The Bertz CT molecular complexity index is 1460. The van der Waals surface area contributed by atoms with Gasteiger partial charge in [-0.2, -0.15) is 18.2 Å². The number of carbonyl (C=O) groups is 1. The van der Waals surface area contributed by atoms with Gasteiger partial charge in [-0.25, -0.2) is 0 Å². The molecule has 0 N–H and O–H groups in total. The van der Waals surface area contributed by atoms with Crippen LogP contribution >= 0.6 is 0 Å². The van der Waals surface area contributed by atoms with E-state index in [9.17, 15) is 18.0 Å². The van der Waals surface area contributed by atoms with Crippen LogP contribution in [0.4, 0.5) is 13.2 Å². The molecule has 1 atom stereocenters. The van der Waals surface area contributed by atoms with E-state index in [1.807, 2.05) is 16.7 Å². The van der Waals surface area contributed by atoms with Gasteiger partial charge in [-0.3, -0.25) is 19.3 Å². The van der Waals surface area contributed by atoms with E-state index in [1.165, 1.54) is 13.0 Å². The number of nitrogens with zero attached hydrogens (tertiary/aromatic N) is 5. The molecule has 10 heteroatoms. The average molecular weight is 498 g/mol. The summed E-state index contributed by atoms with van der Waals surface area (Å²) in [4.78, 5) is 27.5. The summed E-state index contributed by atoms with van der Waals surface area (Å²) in [6.07, 6.45) is 0.0115. The number of pyridine rings is 1. The van der Waals surface area contributed by atoms with Crippen LogP contribution in [0.1, 0.15) is 48.7 Å². The molecule has 188 valence electrons. The normalized spacial score (nSPS) is 17.1. The molecule has 7 nitrogen and oxygen atoms in total. The van der Waals surface area contributed by atoms with Crippen molar-refractivity contribution in [3.8, 4) is 6.01 Å². The average Bonchev–Trinajstić information content (AvgIpc) is 3.32. The van der Waals surface area contributed by atoms with Crippen LogP contribution in [0.15, 0.2) is 41.5 Å². The molecular weight excluding hydrogens is 471 g/mol. The van der Waals surface area contributed by atoms with Crippen LogP contribution in [0, 0.1) is 6.92 Å². The predicted octanol–water partition coefficient (Wildman–Crippen LogP) is 4.45. The third kappa shape index (κ3) is 4.36. The summed E-state index contributed by atoms with van der Waals surface area (Å²) in [5, 5.41) is 0.751. The van der Waals surface area contributed by atoms with Crippen LogP contribution in [0.3, 0.4) is 0 Å². The summed E-state index contributed by atoms with van der Waals surface area (Å²) >= 11 is 0. The number of alkyl halides is 3. The van der Waals surface area contributed by atoms with Crippen LogP contribution < -0.4 is 10.2 Å². The van der Waals surface area contributed by atoms with Gasteiger partial charge in [-0.15, -0.1) is 0 Å². The van der Waals surface area contributed by atoms with Gasteiger partial charge in [0.25, 0.3) is 6.01 Å². The van der Waals surface area contributed by atoms with Crippen LogP contribution in [0.25, 0.3) is 16.5 Å². The van der Waals surface area contributed by atoms with Gasteiger partial charge in [0.2, 0.25) is 5.91 Å². The number of ether oxygens (including phenoxy) is 1. The van der Waals surface area contributed by atoms with Crippen molar-refractivity contribution >= 4 is 22.4 Å².